The number of aliphatic hydroxyl groups excluding tert-OH is 1. The summed E-state index contributed by atoms with van der Waals surface area (Å²) in [6.07, 6.45) is 1.35. The van der Waals surface area contributed by atoms with Gasteiger partial charge in [0.1, 0.15) is 0 Å². The summed E-state index contributed by atoms with van der Waals surface area (Å²) in [4.78, 5) is 0. The fraction of sp³-hybridized carbons (Fsp3) is 0.368. The molecule has 0 aromatic heterocycles. The van der Waals surface area contributed by atoms with Gasteiger partial charge in [-0.15, -0.1) is 0 Å². The Hall–Kier alpha value is -1.75. The molecule has 1 atom stereocenters. The summed E-state index contributed by atoms with van der Waals surface area (Å²) in [5.41, 5.74) is 2.03. The largest absolute Gasteiger partial charge is 0.493 e. The van der Waals surface area contributed by atoms with Crippen LogP contribution in [-0.2, 0) is 6.42 Å². The van der Waals surface area contributed by atoms with E-state index in [1.807, 2.05) is 30.3 Å². The monoisotopic (exact) mass is 349 g/mol. The molecule has 5 heteroatoms. The number of aliphatic hydroxyl groups is 1. The number of aryl methyl sites for hydroxylation is 1. The molecular weight excluding hydrogens is 326 g/mol. The molecule has 130 valence electrons. The first-order valence-corrected chi connectivity index (χ1v) is 8.37. The van der Waals surface area contributed by atoms with Crippen LogP contribution in [0.1, 0.15) is 23.7 Å². The van der Waals surface area contributed by atoms with E-state index in [1.54, 1.807) is 26.4 Å². The zero-order valence-electron chi connectivity index (χ0n) is 14.1. The molecule has 0 saturated carbocycles. The van der Waals surface area contributed by atoms with Gasteiger partial charge in [-0.25, -0.2) is 0 Å². The molecule has 0 radical (unpaired) electrons. The van der Waals surface area contributed by atoms with E-state index in [4.69, 9.17) is 21.1 Å². The van der Waals surface area contributed by atoms with Crippen molar-refractivity contribution in [3.8, 4) is 11.5 Å². The lowest BCUT2D eigenvalue weighted by Gasteiger charge is -2.13. The second kappa shape index (κ2) is 9.52. The van der Waals surface area contributed by atoms with E-state index in [2.05, 4.69) is 5.32 Å². The number of methoxy groups -OCH3 is 2. The van der Waals surface area contributed by atoms with E-state index >= 15 is 0 Å². The molecular formula is C19H24ClNO3. The number of rotatable bonds is 9. The average Bonchev–Trinajstić information content (AvgIpc) is 2.61. The van der Waals surface area contributed by atoms with Crippen LogP contribution in [0.3, 0.4) is 0 Å². The summed E-state index contributed by atoms with van der Waals surface area (Å²) in [6.45, 7) is 1.33. The van der Waals surface area contributed by atoms with Crippen LogP contribution in [0, 0.1) is 0 Å². The van der Waals surface area contributed by atoms with Crippen molar-refractivity contribution in [2.45, 2.75) is 18.9 Å². The van der Waals surface area contributed by atoms with Crippen molar-refractivity contribution in [2.75, 3.05) is 27.3 Å². The Morgan fingerprint density at radius 2 is 1.88 bits per heavy atom. The summed E-state index contributed by atoms with van der Waals surface area (Å²) >= 11 is 5.94. The standard InChI is InChI=1S/C19H24ClNO3/c1-23-18-9-8-14(11-19(18)24-2)5-4-10-21-13-17(22)15-6-3-7-16(20)12-15/h3,6-9,11-12,17,21-22H,4-5,10,13H2,1-2H3. The molecule has 1 unspecified atom stereocenters. The number of nitrogens with one attached hydrogen (secondary N) is 1. The second-order valence-corrected chi connectivity index (χ2v) is 6.00. The van der Waals surface area contributed by atoms with E-state index in [-0.39, 0.29) is 0 Å². The molecule has 0 aliphatic rings. The third-order valence-electron chi connectivity index (χ3n) is 3.84. The zero-order chi connectivity index (χ0) is 17.4. The van der Waals surface area contributed by atoms with Crippen LogP contribution < -0.4 is 14.8 Å². The predicted octanol–water partition coefficient (Wildman–Crippen LogP) is 3.61. The molecule has 0 aliphatic heterocycles. The predicted molar refractivity (Wildman–Crippen MR) is 97.1 cm³/mol. The van der Waals surface area contributed by atoms with Gasteiger partial charge in [0, 0.05) is 11.6 Å². The smallest absolute Gasteiger partial charge is 0.160 e. The third kappa shape index (κ3) is 5.41. The van der Waals surface area contributed by atoms with Gasteiger partial charge in [0.2, 0.25) is 0 Å². The molecule has 4 nitrogen and oxygen atoms in total. The first kappa shape index (κ1) is 18.6. The molecule has 0 amide bonds. The number of benzene rings is 2. The first-order valence-electron chi connectivity index (χ1n) is 7.99. The molecule has 0 fully saturated rings. The quantitative estimate of drug-likeness (QED) is 0.679. The molecule has 0 heterocycles. The van der Waals surface area contributed by atoms with Gasteiger partial charge in [-0.3, -0.25) is 0 Å². The van der Waals surface area contributed by atoms with Crippen LogP contribution >= 0.6 is 11.6 Å². The van der Waals surface area contributed by atoms with E-state index in [0.29, 0.717) is 11.6 Å². The Labute approximate surface area is 148 Å². The topological polar surface area (TPSA) is 50.7 Å². The van der Waals surface area contributed by atoms with Gasteiger partial charge in [-0.05, 0) is 54.8 Å². The van der Waals surface area contributed by atoms with Crippen LogP contribution in [0.5, 0.6) is 11.5 Å². The van der Waals surface area contributed by atoms with Crippen molar-refractivity contribution >= 4 is 11.6 Å². The molecule has 2 N–H and O–H groups in total. The Bertz CT molecular complexity index is 648. The van der Waals surface area contributed by atoms with Crippen molar-refractivity contribution in [1.82, 2.24) is 5.32 Å². The highest BCUT2D eigenvalue weighted by atomic mass is 35.5. The van der Waals surface area contributed by atoms with Gasteiger partial charge in [0.15, 0.2) is 11.5 Å². The van der Waals surface area contributed by atoms with E-state index in [0.717, 1.165) is 36.4 Å². The first-order chi connectivity index (χ1) is 11.6. The van der Waals surface area contributed by atoms with Crippen molar-refractivity contribution in [3.05, 3.63) is 58.6 Å². The SMILES string of the molecule is COc1ccc(CCCNCC(O)c2cccc(Cl)c2)cc1OC. The molecule has 2 rings (SSSR count). The Morgan fingerprint density at radius 1 is 1.08 bits per heavy atom. The minimum absolute atomic E-state index is 0.506. The highest BCUT2D eigenvalue weighted by Gasteiger charge is 2.07. The minimum atomic E-state index is -0.551. The molecule has 2 aromatic carbocycles. The fourth-order valence-electron chi connectivity index (χ4n) is 2.52. The maximum Gasteiger partial charge on any atom is 0.160 e. The highest BCUT2D eigenvalue weighted by Crippen LogP contribution is 2.27. The van der Waals surface area contributed by atoms with Gasteiger partial charge in [0.05, 0.1) is 20.3 Å². The molecule has 24 heavy (non-hydrogen) atoms. The molecule has 0 spiro atoms. The van der Waals surface area contributed by atoms with Crippen LogP contribution in [0.4, 0.5) is 0 Å². The lowest BCUT2D eigenvalue weighted by Crippen LogP contribution is -2.22. The average molecular weight is 350 g/mol. The van der Waals surface area contributed by atoms with Gasteiger partial charge in [-0.1, -0.05) is 29.8 Å². The summed E-state index contributed by atoms with van der Waals surface area (Å²) < 4.78 is 10.5. The molecule has 0 aliphatic carbocycles. The number of halogens is 1. The minimum Gasteiger partial charge on any atom is -0.493 e. The second-order valence-electron chi connectivity index (χ2n) is 5.57. The van der Waals surface area contributed by atoms with Crippen LogP contribution in [0.2, 0.25) is 5.02 Å². The maximum atomic E-state index is 10.1. The Morgan fingerprint density at radius 3 is 2.58 bits per heavy atom. The Kier molecular flexibility index (Phi) is 7.37. The van der Waals surface area contributed by atoms with Crippen LogP contribution in [-0.4, -0.2) is 32.4 Å². The number of hydrogen-bond acceptors (Lipinski definition) is 4. The fourth-order valence-corrected chi connectivity index (χ4v) is 2.72. The lowest BCUT2D eigenvalue weighted by atomic mass is 10.1. The van der Waals surface area contributed by atoms with Crippen molar-refractivity contribution in [2.24, 2.45) is 0 Å². The van der Waals surface area contributed by atoms with Crippen molar-refractivity contribution in [3.63, 3.8) is 0 Å². The van der Waals surface area contributed by atoms with Gasteiger partial charge in [-0.2, -0.15) is 0 Å². The van der Waals surface area contributed by atoms with E-state index in [9.17, 15) is 5.11 Å². The number of ether oxygens (including phenoxy) is 2. The summed E-state index contributed by atoms with van der Waals surface area (Å²) in [6, 6.07) is 13.3. The van der Waals surface area contributed by atoms with Crippen molar-refractivity contribution < 1.29 is 14.6 Å². The van der Waals surface area contributed by atoms with Crippen molar-refractivity contribution in [1.29, 1.82) is 0 Å². The summed E-state index contributed by atoms with van der Waals surface area (Å²) in [7, 11) is 3.27. The molecule has 0 saturated heterocycles. The van der Waals surface area contributed by atoms with Crippen LogP contribution in [0.25, 0.3) is 0 Å². The highest BCUT2D eigenvalue weighted by molar-refractivity contribution is 6.30. The van der Waals surface area contributed by atoms with Gasteiger partial charge < -0.3 is 19.9 Å². The van der Waals surface area contributed by atoms with E-state index < -0.39 is 6.10 Å². The molecule has 0 bridgehead atoms. The van der Waals surface area contributed by atoms with Crippen LogP contribution in [0.15, 0.2) is 42.5 Å². The third-order valence-corrected chi connectivity index (χ3v) is 4.07. The summed E-state index contributed by atoms with van der Waals surface area (Å²) in [5, 5.41) is 14.1. The lowest BCUT2D eigenvalue weighted by molar-refractivity contribution is 0.175. The van der Waals surface area contributed by atoms with E-state index in [1.165, 1.54) is 5.56 Å². The van der Waals surface area contributed by atoms with Gasteiger partial charge in [0.25, 0.3) is 0 Å². The van der Waals surface area contributed by atoms with Gasteiger partial charge >= 0.3 is 0 Å². The normalized spacial score (nSPS) is 12.0. The summed E-state index contributed by atoms with van der Waals surface area (Å²) in [5.74, 6) is 1.49. The zero-order valence-corrected chi connectivity index (χ0v) is 14.8. The number of hydrogen-bond donors (Lipinski definition) is 2. The molecule has 2 aromatic rings. The Balaban J connectivity index is 1.73. The maximum absolute atomic E-state index is 10.1.